The van der Waals surface area contributed by atoms with Crippen LogP contribution in [0.15, 0.2) is 14.7 Å². The van der Waals surface area contributed by atoms with Crippen molar-refractivity contribution in [3.8, 4) is 0 Å². The second kappa shape index (κ2) is 5.80. The molecule has 0 radical (unpaired) electrons. The number of methoxy groups -OCH3 is 1. The summed E-state index contributed by atoms with van der Waals surface area (Å²) in [6, 6.07) is 1.13. The molecule has 2 N–H and O–H groups in total. The number of rotatable bonds is 5. The monoisotopic (exact) mass is 385 g/mol. The molecule has 7 nitrogen and oxygen atoms in total. The molecular weight excluding hydrogens is 374 g/mol. The molecular formula is C10H12BrNO6S2. The lowest BCUT2D eigenvalue weighted by Crippen LogP contribution is -2.49. The van der Waals surface area contributed by atoms with Crippen LogP contribution in [-0.4, -0.2) is 38.1 Å². The molecule has 112 valence electrons. The molecule has 0 amide bonds. The van der Waals surface area contributed by atoms with E-state index in [9.17, 15) is 18.0 Å². The fourth-order valence-electron chi connectivity index (χ4n) is 1.17. The lowest BCUT2D eigenvalue weighted by Gasteiger charge is -2.20. The van der Waals surface area contributed by atoms with Crippen LogP contribution in [0, 0.1) is 0 Å². The van der Waals surface area contributed by atoms with Crippen LogP contribution in [0.25, 0.3) is 0 Å². The first-order chi connectivity index (χ1) is 9.01. The third-order valence-corrected chi connectivity index (χ3v) is 6.14. The van der Waals surface area contributed by atoms with Crippen LogP contribution in [0.5, 0.6) is 0 Å². The minimum Gasteiger partial charge on any atom is -0.480 e. The fraction of sp³-hybridized carbons (Fsp3) is 0.400. The van der Waals surface area contributed by atoms with E-state index < -0.39 is 27.5 Å². The van der Waals surface area contributed by atoms with E-state index >= 15 is 0 Å². The van der Waals surface area contributed by atoms with E-state index in [2.05, 4.69) is 25.4 Å². The molecule has 0 spiro atoms. The zero-order chi connectivity index (χ0) is 15.7. The number of nitrogens with one attached hydrogen (secondary N) is 1. The molecule has 1 aromatic heterocycles. The minimum absolute atomic E-state index is 0.0906. The molecule has 0 bridgehead atoms. The van der Waals surface area contributed by atoms with Gasteiger partial charge in [0.15, 0.2) is 0 Å². The molecule has 0 aromatic carbocycles. The smallest absolute Gasteiger partial charge is 0.348 e. The number of sulfonamides is 1. The van der Waals surface area contributed by atoms with E-state index in [1.807, 2.05) is 0 Å². The number of carboxylic acid groups (broad SMARTS) is 1. The lowest BCUT2D eigenvalue weighted by atomic mass is 10.1. The Labute approximate surface area is 128 Å². The van der Waals surface area contributed by atoms with E-state index in [4.69, 9.17) is 5.11 Å². The van der Waals surface area contributed by atoms with Crippen LogP contribution in [0.3, 0.4) is 0 Å². The van der Waals surface area contributed by atoms with Gasteiger partial charge in [0.1, 0.15) is 15.3 Å². The number of hydrogen-bond donors (Lipinski definition) is 2. The highest BCUT2D eigenvalue weighted by Gasteiger charge is 2.35. The molecule has 0 aliphatic heterocycles. The Morgan fingerprint density at radius 3 is 2.45 bits per heavy atom. The van der Waals surface area contributed by atoms with Crippen molar-refractivity contribution < 1.29 is 27.9 Å². The minimum atomic E-state index is -4.09. The zero-order valence-corrected chi connectivity index (χ0v) is 14.0. The summed E-state index contributed by atoms with van der Waals surface area (Å²) in [5.41, 5.74) is -1.67. The number of thiophene rings is 1. The lowest BCUT2D eigenvalue weighted by molar-refractivity contribution is -0.142. The molecule has 0 saturated heterocycles. The summed E-state index contributed by atoms with van der Waals surface area (Å²) < 4.78 is 31.0. The number of esters is 1. The van der Waals surface area contributed by atoms with Gasteiger partial charge in [0.25, 0.3) is 0 Å². The predicted octanol–water partition coefficient (Wildman–Crippen LogP) is 1.44. The number of hydrogen-bond acceptors (Lipinski definition) is 6. The van der Waals surface area contributed by atoms with E-state index in [1.165, 1.54) is 21.0 Å². The Morgan fingerprint density at radius 1 is 1.45 bits per heavy atom. The molecule has 20 heavy (non-hydrogen) atoms. The quantitative estimate of drug-likeness (QED) is 0.741. The number of aliphatic carboxylic acids is 1. The van der Waals surface area contributed by atoms with Crippen LogP contribution in [0.1, 0.15) is 23.5 Å². The summed E-state index contributed by atoms with van der Waals surface area (Å²) in [5.74, 6) is -1.99. The zero-order valence-electron chi connectivity index (χ0n) is 10.8. The standard InChI is InChI=1S/C10H12BrNO6S2/c1-10(2,9(14)15)12-20(16,17)6-4-5(8(13)18-3)19-7(6)11/h4,12H,1-3H3,(H,14,15). The highest BCUT2D eigenvalue weighted by molar-refractivity contribution is 9.11. The van der Waals surface area contributed by atoms with Crippen LogP contribution in [0.4, 0.5) is 0 Å². The largest absolute Gasteiger partial charge is 0.480 e. The summed E-state index contributed by atoms with van der Waals surface area (Å²) in [6.07, 6.45) is 0. The van der Waals surface area contributed by atoms with Gasteiger partial charge in [-0.1, -0.05) is 0 Å². The summed E-state index contributed by atoms with van der Waals surface area (Å²) in [4.78, 5) is 22.2. The summed E-state index contributed by atoms with van der Waals surface area (Å²) in [5, 5.41) is 8.94. The topological polar surface area (TPSA) is 110 Å². The molecule has 0 aliphatic carbocycles. The van der Waals surface area contributed by atoms with Crippen molar-refractivity contribution in [2.75, 3.05) is 7.11 Å². The maximum atomic E-state index is 12.1. The molecule has 0 aliphatic rings. The Hall–Kier alpha value is -0.970. The Balaban J connectivity index is 3.20. The van der Waals surface area contributed by atoms with Crippen molar-refractivity contribution in [2.24, 2.45) is 0 Å². The van der Waals surface area contributed by atoms with Gasteiger partial charge in [0.05, 0.1) is 10.9 Å². The summed E-state index contributed by atoms with van der Waals surface area (Å²) in [7, 11) is -2.91. The van der Waals surface area contributed by atoms with Gasteiger partial charge in [-0.05, 0) is 35.8 Å². The van der Waals surface area contributed by atoms with Crippen molar-refractivity contribution >= 4 is 49.2 Å². The molecule has 0 unspecified atom stereocenters. The average molecular weight is 386 g/mol. The first-order valence-electron chi connectivity index (χ1n) is 5.16. The molecule has 0 fully saturated rings. The number of ether oxygens (including phenoxy) is 1. The van der Waals surface area contributed by atoms with Gasteiger partial charge in [-0.3, -0.25) is 4.79 Å². The summed E-state index contributed by atoms with van der Waals surface area (Å²) >= 11 is 3.92. The molecule has 0 atom stereocenters. The molecule has 0 saturated carbocycles. The normalized spacial score (nSPS) is 12.2. The molecule has 1 rings (SSSR count). The predicted molar refractivity (Wildman–Crippen MR) is 75.4 cm³/mol. The molecule has 10 heteroatoms. The number of carbonyl (C=O) groups excluding carboxylic acids is 1. The van der Waals surface area contributed by atoms with Crippen molar-refractivity contribution in [2.45, 2.75) is 24.3 Å². The number of carboxylic acids is 1. The van der Waals surface area contributed by atoms with Crippen molar-refractivity contribution in [3.05, 3.63) is 14.7 Å². The van der Waals surface area contributed by atoms with Gasteiger partial charge >= 0.3 is 11.9 Å². The van der Waals surface area contributed by atoms with E-state index in [0.29, 0.717) is 0 Å². The molecule has 1 aromatic rings. The maximum absolute atomic E-state index is 12.1. The first-order valence-corrected chi connectivity index (χ1v) is 8.25. The second-order valence-electron chi connectivity index (χ2n) is 4.28. The SMILES string of the molecule is COC(=O)c1cc(S(=O)(=O)NC(C)(C)C(=O)O)c(Br)s1. The highest BCUT2D eigenvalue weighted by Crippen LogP contribution is 2.32. The summed E-state index contributed by atoms with van der Waals surface area (Å²) in [6.45, 7) is 2.43. The first kappa shape index (κ1) is 17.1. The van der Waals surface area contributed by atoms with E-state index in [1.54, 1.807) is 0 Å². The van der Waals surface area contributed by atoms with Crippen LogP contribution >= 0.6 is 27.3 Å². The highest BCUT2D eigenvalue weighted by atomic mass is 79.9. The van der Waals surface area contributed by atoms with Gasteiger partial charge in [0, 0.05) is 0 Å². The average Bonchev–Trinajstić information content (AvgIpc) is 2.69. The Kier molecular flexibility index (Phi) is 4.95. The van der Waals surface area contributed by atoms with Crippen molar-refractivity contribution in [1.29, 1.82) is 0 Å². The van der Waals surface area contributed by atoms with Crippen molar-refractivity contribution in [1.82, 2.24) is 4.72 Å². The van der Waals surface area contributed by atoms with E-state index in [0.717, 1.165) is 17.4 Å². The van der Waals surface area contributed by atoms with Gasteiger partial charge in [-0.15, -0.1) is 11.3 Å². The van der Waals surface area contributed by atoms with Gasteiger partial charge in [-0.25, -0.2) is 13.2 Å². The van der Waals surface area contributed by atoms with E-state index in [-0.39, 0.29) is 13.6 Å². The third kappa shape index (κ3) is 3.57. The maximum Gasteiger partial charge on any atom is 0.348 e. The Morgan fingerprint density at radius 2 is 2.00 bits per heavy atom. The number of halogens is 1. The van der Waals surface area contributed by atoms with Crippen molar-refractivity contribution in [3.63, 3.8) is 0 Å². The van der Waals surface area contributed by atoms with Gasteiger partial charge < -0.3 is 9.84 Å². The number of carbonyl (C=O) groups is 2. The van der Waals surface area contributed by atoms with Gasteiger partial charge in [-0.2, -0.15) is 4.72 Å². The van der Waals surface area contributed by atoms with Crippen LogP contribution in [-0.2, 0) is 19.6 Å². The Bertz CT molecular complexity index is 649. The third-order valence-electron chi connectivity index (χ3n) is 2.26. The molecule has 1 heterocycles. The van der Waals surface area contributed by atoms with Crippen LogP contribution in [0.2, 0.25) is 0 Å². The van der Waals surface area contributed by atoms with Crippen LogP contribution < -0.4 is 4.72 Å². The van der Waals surface area contributed by atoms with Gasteiger partial charge in [0.2, 0.25) is 10.0 Å². The fourth-order valence-corrected chi connectivity index (χ4v) is 5.03. The second-order valence-corrected chi connectivity index (χ2v) is 8.30.